The fourth-order valence-corrected chi connectivity index (χ4v) is 11.7. The first-order valence-electron chi connectivity index (χ1n) is 30.9. The molecule has 3 aromatic carbocycles. The van der Waals surface area contributed by atoms with E-state index in [0.717, 1.165) is 106 Å². The fraction of sp³-hybridized carbons (Fsp3) is 0.508. The average molecular weight is 1210 g/mol. The number of nitrogens with one attached hydrogen (secondary N) is 5. The Morgan fingerprint density at radius 1 is 0.724 bits per heavy atom. The van der Waals surface area contributed by atoms with Crippen LogP contribution in [0.3, 0.4) is 0 Å². The smallest absolute Gasteiger partial charge is 0.251 e. The number of hydrogen-bond donors (Lipinski definition) is 5. The number of benzene rings is 3. The second-order valence-corrected chi connectivity index (χ2v) is 23.2. The van der Waals surface area contributed by atoms with E-state index in [1.165, 1.54) is 17.7 Å². The van der Waals surface area contributed by atoms with Crippen LogP contribution in [0.5, 0.6) is 5.75 Å². The van der Waals surface area contributed by atoms with E-state index in [0.29, 0.717) is 111 Å². The standard InChI is InChI=1S/C65H86N12O9S/c1-45(70-63(81)50-23-16-24-51(40-50)68-42-57-74-75-61(76(57)4)54-29-30-67-44-69-54)48-21-17-26-53(41-48)86-34-14-6-5-12-32-83-35-37-85-38-36-84-33-13-8-11-28-58(78)71-52-25-15-22-49(39-52)60(79)55-43-87-64(72-55)56-27-18-31-77(56)65(82)59(47-19-9-7-10-20-47)73-62(80)46(2)66-3/h15-17,21-26,29-30,39-41,43-47,56,59,66,68H,5-14,18-20,27-28,31-38,42H2,1-4H3,(H,70,81)(H,71,78)(H,73,80)/t45-,46+,56+,59+/m1/s1. The maximum atomic E-state index is 14.2. The zero-order valence-corrected chi connectivity index (χ0v) is 51.6. The number of ether oxygens (including phenoxy) is 4. The summed E-state index contributed by atoms with van der Waals surface area (Å²) in [4.78, 5) is 82.0. The molecule has 8 rings (SSSR count). The Kier molecular flexibility index (Phi) is 26.1. The lowest BCUT2D eigenvalue weighted by Gasteiger charge is -2.35. The third kappa shape index (κ3) is 20.0. The molecule has 0 radical (unpaired) electrons. The molecular weight excluding hydrogens is 1120 g/mol. The van der Waals surface area contributed by atoms with Gasteiger partial charge in [0.05, 0.1) is 57.7 Å². The molecule has 1 saturated heterocycles. The van der Waals surface area contributed by atoms with Crippen molar-refractivity contribution >= 4 is 52.1 Å². The molecule has 2 aliphatic rings. The number of anilines is 2. The monoisotopic (exact) mass is 1210 g/mol. The Morgan fingerprint density at radius 3 is 2.17 bits per heavy atom. The predicted molar refractivity (Wildman–Crippen MR) is 334 cm³/mol. The number of thiazole rings is 1. The van der Waals surface area contributed by atoms with Crippen molar-refractivity contribution in [3.63, 3.8) is 0 Å². The quantitative estimate of drug-likeness (QED) is 0.0181. The number of unbranched alkanes of at least 4 members (excludes halogenated alkanes) is 5. The van der Waals surface area contributed by atoms with Crippen LogP contribution in [0, 0.1) is 5.92 Å². The SMILES string of the molecule is CN[C@@H](C)C(=O)N[C@H](C(=O)N1CCC[C@H]1c1nc(C(=O)c2cccc(NC(=O)CCCCCOCCOCCOCCCCCCOc3cccc([C@@H](C)NC(=O)c4cccc(NCc5nnc(-c6ccncn6)n5C)c4)c3)c2)cs1)C1CCCCC1. The number of likely N-dealkylation sites (N-methyl/N-ethyl adjacent to an activating group) is 1. The van der Waals surface area contributed by atoms with E-state index in [1.54, 1.807) is 61.9 Å². The van der Waals surface area contributed by atoms with Gasteiger partial charge < -0.3 is 55.0 Å². The van der Waals surface area contributed by atoms with Gasteiger partial charge in [-0.3, -0.25) is 24.0 Å². The maximum Gasteiger partial charge on any atom is 0.251 e. The van der Waals surface area contributed by atoms with E-state index in [-0.39, 0.29) is 47.4 Å². The van der Waals surface area contributed by atoms with Crippen LogP contribution in [0.4, 0.5) is 11.4 Å². The molecule has 2 fully saturated rings. The van der Waals surface area contributed by atoms with Crippen LogP contribution in [0.25, 0.3) is 11.5 Å². The van der Waals surface area contributed by atoms with Crippen LogP contribution in [-0.4, -0.2) is 136 Å². The number of aromatic nitrogens is 6. The number of rotatable bonds is 36. The van der Waals surface area contributed by atoms with Gasteiger partial charge in [-0.05, 0) is 139 Å². The number of amides is 4. The first-order valence-corrected chi connectivity index (χ1v) is 31.8. The highest BCUT2D eigenvalue weighted by atomic mass is 32.1. The van der Waals surface area contributed by atoms with Gasteiger partial charge in [-0.1, -0.05) is 62.4 Å². The van der Waals surface area contributed by atoms with Crippen LogP contribution >= 0.6 is 11.3 Å². The lowest BCUT2D eigenvalue weighted by atomic mass is 9.83. The molecular formula is C65H86N12O9S. The molecule has 5 N–H and O–H groups in total. The summed E-state index contributed by atoms with van der Waals surface area (Å²) in [6, 6.07) is 22.4. The van der Waals surface area contributed by atoms with Crippen LogP contribution in [0.15, 0.2) is 96.8 Å². The second-order valence-electron chi connectivity index (χ2n) is 22.3. The van der Waals surface area contributed by atoms with Gasteiger partial charge in [-0.15, -0.1) is 21.5 Å². The molecule has 22 heteroatoms. The van der Waals surface area contributed by atoms with Crippen LogP contribution in [-0.2, 0) is 42.2 Å². The first-order chi connectivity index (χ1) is 42.4. The lowest BCUT2D eigenvalue weighted by molar-refractivity contribution is -0.139. The van der Waals surface area contributed by atoms with Crippen molar-refractivity contribution in [1.29, 1.82) is 0 Å². The van der Waals surface area contributed by atoms with Crippen LogP contribution < -0.4 is 31.3 Å². The molecule has 466 valence electrons. The summed E-state index contributed by atoms with van der Waals surface area (Å²) in [5.41, 5.74) is 4.23. The summed E-state index contributed by atoms with van der Waals surface area (Å²) in [5.74, 6) is 1.41. The molecule has 4 heterocycles. The molecule has 1 aliphatic carbocycles. The maximum absolute atomic E-state index is 14.2. The largest absolute Gasteiger partial charge is 0.494 e. The molecule has 3 aromatic heterocycles. The normalized spacial score (nSPS) is 15.4. The first kappa shape index (κ1) is 65.5. The lowest BCUT2D eigenvalue weighted by Crippen LogP contribution is -2.55. The molecule has 21 nitrogen and oxygen atoms in total. The minimum absolute atomic E-state index is 0.0699. The topological polar surface area (TPSA) is 255 Å². The number of nitrogens with zero attached hydrogens (tertiary/aromatic N) is 7. The highest BCUT2D eigenvalue weighted by Crippen LogP contribution is 2.37. The van der Waals surface area contributed by atoms with Crippen molar-refractivity contribution in [3.05, 3.63) is 130 Å². The Balaban J connectivity index is 0.613. The number of hydrogen-bond acceptors (Lipinski definition) is 17. The highest BCUT2D eigenvalue weighted by Gasteiger charge is 2.40. The van der Waals surface area contributed by atoms with Crippen LogP contribution in [0.1, 0.15) is 165 Å². The number of carbonyl (C=O) groups is 5. The van der Waals surface area contributed by atoms with Crippen molar-refractivity contribution in [1.82, 2.24) is 50.6 Å². The van der Waals surface area contributed by atoms with Gasteiger partial charge >= 0.3 is 0 Å². The minimum atomic E-state index is -0.593. The predicted octanol–water partition coefficient (Wildman–Crippen LogP) is 9.59. The highest BCUT2D eigenvalue weighted by molar-refractivity contribution is 7.10. The molecule has 0 bridgehead atoms. The molecule has 4 amide bonds. The van der Waals surface area contributed by atoms with Crippen molar-refractivity contribution in [2.24, 2.45) is 13.0 Å². The van der Waals surface area contributed by atoms with E-state index >= 15 is 0 Å². The zero-order valence-electron chi connectivity index (χ0n) is 50.8. The summed E-state index contributed by atoms with van der Waals surface area (Å²) in [7, 11) is 3.62. The molecule has 0 spiro atoms. The Hall–Kier alpha value is -7.50. The summed E-state index contributed by atoms with van der Waals surface area (Å²) in [6.07, 6.45) is 16.4. The van der Waals surface area contributed by atoms with Gasteiger partial charge in [0.15, 0.2) is 11.6 Å². The second kappa shape index (κ2) is 34.7. The Labute approximate surface area is 514 Å². The van der Waals surface area contributed by atoms with E-state index in [2.05, 4.69) is 46.7 Å². The van der Waals surface area contributed by atoms with Crippen molar-refractivity contribution in [2.75, 3.05) is 70.5 Å². The van der Waals surface area contributed by atoms with Crippen molar-refractivity contribution < 1.29 is 42.9 Å². The number of carbonyl (C=O) groups excluding carboxylic acids is 5. The van der Waals surface area contributed by atoms with Gasteiger partial charge in [0.1, 0.15) is 34.5 Å². The van der Waals surface area contributed by atoms with Crippen LogP contribution in [0.2, 0.25) is 0 Å². The molecule has 6 aromatic rings. The number of ketones is 1. The van der Waals surface area contributed by atoms with Gasteiger partial charge in [-0.2, -0.15) is 0 Å². The van der Waals surface area contributed by atoms with E-state index in [4.69, 9.17) is 23.9 Å². The van der Waals surface area contributed by atoms with Crippen molar-refractivity contribution in [2.45, 2.75) is 141 Å². The Bertz CT molecular complexity index is 3140. The van der Waals surface area contributed by atoms with E-state index < -0.39 is 12.1 Å². The summed E-state index contributed by atoms with van der Waals surface area (Å²) in [5, 5.41) is 26.5. The minimum Gasteiger partial charge on any atom is -0.494 e. The summed E-state index contributed by atoms with van der Waals surface area (Å²) in [6.45, 7) is 8.62. The molecule has 1 aliphatic heterocycles. The summed E-state index contributed by atoms with van der Waals surface area (Å²) < 4.78 is 25.1. The van der Waals surface area contributed by atoms with E-state index in [9.17, 15) is 24.0 Å². The Morgan fingerprint density at radius 2 is 1.43 bits per heavy atom. The molecule has 87 heavy (non-hydrogen) atoms. The zero-order chi connectivity index (χ0) is 61.2. The number of likely N-dealkylation sites (tertiary alicyclic amines) is 1. The molecule has 0 unspecified atom stereocenters. The van der Waals surface area contributed by atoms with Crippen molar-refractivity contribution in [3.8, 4) is 17.3 Å². The van der Waals surface area contributed by atoms with E-state index in [1.807, 2.05) is 65.9 Å². The van der Waals surface area contributed by atoms with Gasteiger partial charge in [0, 0.05) is 67.3 Å². The third-order valence-corrected chi connectivity index (χ3v) is 16.9. The van der Waals surface area contributed by atoms with Gasteiger partial charge in [0.25, 0.3) is 5.91 Å². The fourth-order valence-electron chi connectivity index (χ4n) is 10.8. The summed E-state index contributed by atoms with van der Waals surface area (Å²) >= 11 is 1.38. The molecule has 4 atom stereocenters. The van der Waals surface area contributed by atoms with Gasteiger partial charge in [0.2, 0.25) is 23.5 Å². The van der Waals surface area contributed by atoms with Gasteiger partial charge in [-0.25, -0.2) is 15.0 Å². The third-order valence-electron chi connectivity index (χ3n) is 15.9. The average Bonchev–Trinajstić information content (AvgIpc) is 2.47. The molecule has 1 saturated carbocycles.